The highest BCUT2D eigenvalue weighted by Gasteiger charge is 2.22. The number of nitrogens with zero attached hydrogens (tertiary/aromatic N) is 5. The number of thioether (sulfide) groups is 1. The van der Waals surface area contributed by atoms with Crippen molar-refractivity contribution in [2.45, 2.75) is 17.8 Å². The Morgan fingerprint density at radius 2 is 1.87 bits per heavy atom. The van der Waals surface area contributed by atoms with Crippen molar-refractivity contribution in [1.82, 2.24) is 19.9 Å². The molecule has 0 spiro atoms. The van der Waals surface area contributed by atoms with Crippen molar-refractivity contribution in [2.75, 3.05) is 31.2 Å². The first-order valence-electron chi connectivity index (χ1n) is 9.75. The fraction of sp³-hybridized carbons (Fsp3) is 0.286. The zero-order valence-corrected chi connectivity index (χ0v) is 17.3. The summed E-state index contributed by atoms with van der Waals surface area (Å²) in [4.78, 5) is 2.21. The maximum absolute atomic E-state index is 5.50. The van der Waals surface area contributed by atoms with Crippen LogP contribution < -0.4 is 4.90 Å². The van der Waals surface area contributed by atoms with Crippen LogP contribution in [0.25, 0.3) is 17.2 Å². The van der Waals surface area contributed by atoms with Crippen LogP contribution in [0.5, 0.6) is 0 Å². The molecule has 1 saturated heterocycles. The molecule has 1 aliphatic rings. The van der Waals surface area contributed by atoms with Gasteiger partial charge in [0.1, 0.15) is 0 Å². The van der Waals surface area contributed by atoms with Gasteiger partial charge in [0.15, 0.2) is 10.9 Å². The van der Waals surface area contributed by atoms with Crippen LogP contribution in [0.15, 0.2) is 62.8 Å². The summed E-state index contributed by atoms with van der Waals surface area (Å²) >= 11 is 1.57. The molecule has 1 fully saturated rings. The van der Waals surface area contributed by atoms with Gasteiger partial charge in [-0.25, -0.2) is 0 Å². The minimum absolute atomic E-state index is 0.608. The predicted molar refractivity (Wildman–Crippen MR) is 113 cm³/mol. The van der Waals surface area contributed by atoms with Gasteiger partial charge in [0.2, 0.25) is 11.7 Å². The second-order valence-corrected chi connectivity index (χ2v) is 7.94. The van der Waals surface area contributed by atoms with E-state index in [1.807, 2.05) is 18.2 Å². The van der Waals surface area contributed by atoms with Crippen LogP contribution in [0.3, 0.4) is 0 Å². The first-order chi connectivity index (χ1) is 14.8. The van der Waals surface area contributed by atoms with Gasteiger partial charge in [-0.1, -0.05) is 34.6 Å². The highest BCUT2D eigenvalue weighted by atomic mass is 32.2. The normalized spacial score (nSPS) is 14.4. The monoisotopic (exact) mass is 423 g/mol. The van der Waals surface area contributed by atoms with Gasteiger partial charge in [-0.05, 0) is 31.2 Å². The number of aromatic nitrogens is 4. The molecule has 1 aromatic carbocycles. The number of hydrogen-bond acceptors (Lipinski definition) is 8. The van der Waals surface area contributed by atoms with Crippen molar-refractivity contribution < 1.29 is 13.7 Å². The number of benzene rings is 1. The fourth-order valence-electron chi connectivity index (χ4n) is 3.30. The maximum atomic E-state index is 5.50. The highest BCUT2D eigenvalue weighted by Crippen LogP contribution is 2.30. The van der Waals surface area contributed by atoms with Crippen molar-refractivity contribution in [1.29, 1.82) is 0 Å². The number of rotatable bonds is 6. The molecule has 0 N–H and O–H groups in total. The zero-order valence-electron chi connectivity index (χ0n) is 16.5. The lowest BCUT2D eigenvalue weighted by Gasteiger charge is -2.27. The second-order valence-electron chi connectivity index (χ2n) is 7.00. The Kier molecular flexibility index (Phi) is 5.29. The van der Waals surface area contributed by atoms with Crippen molar-refractivity contribution in [3.63, 3.8) is 0 Å². The Morgan fingerprint density at radius 3 is 2.63 bits per heavy atom. The second kappa shape index (κ2) is 8.37. The Labute approximate surface area is 177 Å². The third kappa shape index (κ3) is 3.86. The average Bonchev–Trinajstić information content (AvgIpc) is 3.53. The molecule has 0 atom stereocenters. The molecule has 4 aromatic rings. The molecule has 0 aliphatic carbocycles. The Balaban J connectivity index is 1.41. The van der Waals surface area contributed by atoms with Gasteiger partial charge < -0.3 is 18.6 Å². The van der Waals surface area contributed by atoms with Crippen molar-refractivity contribution >= 4 is 17.7 Å². The summed E-state index contributed by atoms with van der Waals surface area (Å²) in [5, 5.41) is 13.9. The summed E-state index contributed by atoms with van der Waals surface area (Å²) < 4.78 is 18.4. The molecular weight excluding hydrogens is 402 g/mol. The minimum atomic E-state index is 0.608. The molecule has 0 amide bonds. The van der Waals surface area contributed by atoms with E-state index in [4.69, 9.17) is 13.7 Å². The van der Waals surface area contributed by atoms with E-state index < -0.39 is 0 Å². The van der Waals surface area contributed by atoms with Gasteiger partial charge in [-0.3, -0.25) is 4.57 Å². The first-order valence-corrected chi connectivity index (χ1v) is 10.7. The van der Waals surface area contributed by atoms with Gasteiger partial charge in [-0.15, -0.1) is 10.2 Å². The standard InChI is InChI=1S/C21H21N5O3S/c1-15-4-6-17(7-5-15)26-20(25-8-11-27-12-9-25)22-23-21(26)30-14-16-13-19(29-24-16)18-3-2-10-28-18/h2-7,10,13H,8-9,11-12,14H2,1H3. The highest BCUT2D eigenvalue weighted by molar-refractivity contribution is 7.98. The van der Waals surface area contributed by atoms with E-state index in [0.29, 0.717) is 30.5 Å². The number of ether oxygens (including phenoxy) is 1. The Bertz CT molecular complexity index is 1100. The fourth-order valence-corrected chi connectivity index (χ4v) is 4.12. The molecule has 5 rings (SSSR count). The van der Waals surface area contributed by atoms with Crippen LogP contribution in [0.4, 0.5) is 5.95 Å². The summed E-state index contributed by atoms with van der Waals surface area (Å²) in [6, 6.07) is 13.9. The van der Waals surface area contributed by atoms with Crippen molar-refractivity contribution in [2.24, 2.45) is 0 Å². The summed E-state index contributed by atoms with van der Waals surface area (Å²) in [5.74, 6) is 2.72. The third-order valence-corrected chi connectivity index (χ3v) is 5.84. The lowest BCUT2D eigenvalue weighted by Crippen LogP contribution is -2.37. The van der Waals surface area contributed by atoms with Crippen LogP contribution in [0.1, 0.15) is 11.3 Å². The van der Waals surface area contributed by atoms with E-state index >= 15 is 0 Å². The molecule has 0 radical (unpaired) electrons. The predicted octanol–water partition coefficient (Wildman–Crippen LogP) is 3.95. The van der Waals surface area contributed by atoms with Crippen LogP contribution in [-0.2, 0) is 10.5 Å². The molecule has 8 nitrogen and oxygen atoms in total. The molecule has 4 heterocycles. The molecule has 0 saturated carbocycles. The lowest BCUT2D eigenvalue weighted by atomic mass is 10.2. The topological polar surface area (TPSA) is 82.3 Å². The molecule has 3 aromatic heterocycles. The van der Waals surface area contributed by atoms with E-state index in [0.717, 1.165) is 35.6 Å². The summed E-state index contributed by atoms with van der Waals surface area (Å²) in [6.45, 7) is 5.06. The third-order valence-electron chi connectivity index (χ3n) is 4.87. The van der Waals surface area contributed by atoms with Gasteiger partial charge >= 0.3 is 0 Å². The summed E-state index contributed by atoms with van der Waals surface area (Å²) in [5.41, 5.74) is 3.06. The SMILES string of the molecule is Cc1ccc(-n2c(SCc3cc(-c4ccco4)on3)nnc2N2CCOCC2)cc1. The summed E-state index contributed by atoms with van der Waals surface area (Å²) in [6.07, 6.45) is 1.61. The van der Waals surface area contributed by atoms with Crippen molar-refractivity contribution in [3.8, 4) is 17.2 Å². The number of furan rings is 1. The average molecular weight is 423 g/mol. The smallest absolute Gasteiger partial charge is 0.232 e. The van der Waals surface area contributed by atoms with Gasteiger partial charge in [0.05, 0.1) is 30.9 Å². The number of hydrogen-bond donors (Lipinski definition) is 0. The molecule has 9 heteroatoms. The van der Waals surface area contributed by atoms with Gasteiger partial charge in [-0.2, -0.15) is 0 Å². The van der Waals surface area contributed by atoms with E-state index in [-0.39, 0.29) is 0 Å². The Hall–Kier alpha value is -3.04. The van der Waals surface area contributed by atoms with Crippen LogP contribution in [0.2, 0.25) is 0 Å². The van der Waals surface area contributed by atoms with Crippen molar-refractivity contribution in [3.05, 3.63) is 60.0 Å². The molecule has 154 valence electrons. The molecular formula is C21H21N5O3S. The van der Waals surface area contributed by atoms with Crippen LogP contribution in [0, 0.1) is 6.92 Å². The van der Waals surface area contributed by atoms with Crippen LogP contribution >= 0.6 is 11.8 Å². The van der Waals surface area contributed by atoms with Gasteiger partial charge in [0.25, 0.3) is 0 Å². The maximum Gasteiger partial charge on any atom is 0.232 e. The van der Waals surface area contributed by atoms with Crippen LogP contribution in [-0.4, -0.2) is 46.2 Å². The Morgan fingerprint density at radius 1 is 1.03 bits per heavy atom. The number of morpholine rings is 1. The quantitative estimate of drug-likeness (QED) is 0.431. The van der Waals surface area contributed by atoms with E-state index in [9.17, 15) is 0 Å². The van der Waals surface area contributed by atoms with E-state index in [1.165, 1.54) is 5.56 Å². The molecule has 1 aliphatic heterocycles. The number of anilines is 1. The summed E-state index contributed by atoms with van der Waals surface area (Å²) in [7, 11) is 0. The van der Waals surface area contributed by atoms with E-state index in [2.05, 4.69) is 56.0 Å². The molecule has 30 heavy (non-hydrogen) atoms. The minimum Gasteiger partial charge on any atom is -0.461 e. The lowest BCUT2D eigenvalue weighted by molar-refractivity contribution is 0.122. The van der Waals surface area contributed by atoms with E-state index in [1.54, 1.807) is 18.0 Å². The van der Waals surface area contributed by atoms with Gasteiger partial charge in [0, 0.05) is 24.9 Å². The molecule has 0 bridgehead atoms. The number of aryl methyl sites for hydroxylation is 1. The zero-order chi connectivity index (χ0) is 20.3. The molecule has 0 unspecified atom stereocenters. The first kappa shape index (κ1) is 19.0. The largest absolute Gasteiger partial charge is 0.461 e.